The van der Waals surface area contributed by atoms with Gasteiger partial charge in [-0.1, -0.05) is 11.3 Å². The van der Waals surface area contributed by atoms with Gasteiger partial charge in [0.1, 0.15) is 0 Å². The maximum atomic E-state index is 10.3. The molecule has 0 aliphatic rings. The molecule has 1 amide bonds. The molecule has 0 fully saturated rings. The van der Waals surface area contributed by atoms with Gasteiger partial charge in [0.2, 0.25) is 5.01 Å². The first-order valence-electron chi connectivity index (χ1n) is 2.32. The highest BCUT2D eigenvalue weighted by Gasteiger charge is 2.06. The van der Waals surface area contributed by atoms with E-state index in [9.17, 15) is 9.59 Å². The Morgan fingerprint density at radius 1 is 1.60 bits per heavy atom. The monoisotopic (exact) mass is 157 g/mol. The molecule has 0 aromatic carbocycles. The fraction of sp³-hybridized carbons (Fsp3) is 0. The lowest BCUT2D eigenvalue weighted by atomic mass is 10.7. The third kappa shape index (κ3) is 1.16. The zero-order valence-corrected chi connectivity index (χ0v) is 5.59. The maximum absolute atomic E-state index is 10.3. The topological polar surface area (TPSA) is 85.9 Å². The Balaban J connectivity index is 2.98. The molecule has 0 atom stereocenters. The average molecular weight is 157 g/mol. The van der Waals surface area contributed by atoms with Crippen LogP contribution >= 0.6 is 11.3 Å². The number of amides is 1. The third-order valence-electron chi connectivity index (χ3n) is 0.752. The van der Waals surface area contributed by atoms with Crippen LogP contribution in [0, 0.1) is 0 Å². The molecule has 0 saturated heterocycles. The second-order valence-electron chi connectivity index (χ2n) is 1.43. The van der Waals surface area contributed by atoms with Gasteiger partial charge in [-0.2, -0.15) is 0 Å². The minimum atomic E-state index is -0.661. The fourth-order valence-electron chi connectivity index (χ4n) is 0.382. The summed E-state index contributed by atoms with van der Waals surface area (Å²) in [4.78, 5) is 20.3. The molecule has 0 saturated carbocycles. The number of rotatable bonds is 2. The minimum Gasteiger partial charge on any atom is -0.363 e. The summed E-state index contributed by atoms with van der Waals surface area (Å²) >= 11 is 0.876. The molecule has 10 heavy (non-hydrogen) atoms. The largest absolute Gasteiger partial charge is 0.363 e. The molecule has 1 aromatic rings. The van der Waals surface area contributed by atoms with Crippen molar-refractivity contribution in [3.8, 4) is 0 Å². The Kier molecular flexibility index (Phi) is 1.72. The van der Waals surface area contributed by atoms with E-state index in [0.717, 1.165) is 11.3 Å². The van der Waals surface area contributed by atoms with Gasteiger partial charge < -0.3 is 5.73 Å². The molecule has 0 spiro atoms. The number of aldehydes is 1. The van der Waals surface area contributed by atoms with Crippen LogP contribution in [0.1, 0.15) is 19.6 Å². The van der Waals surface area contributed by atoms with Crippen molar-refractivity contribution in [1.82, 2.24) is 10.2 Å². The smallest absolute Gasteiger partial charge is 0.279 e. The van der Waals surface area contributed by atoms with Gasteiger partial charge in [-0.25, -0.2) is 0 Å². The molecule has 2 N–H and O–H groups in total. The normalized spacial score (nSPS) is 9.20. The van der Waals surface area contributed by atoms with Crippen LogP contribution in [0.25, 0.3) is 0 Å². The van der Waals surface area contributed by atoms with Crippen molar-refractivity contribution in [3.63, 3.8) is 0 Å². The van der Waals surface area contributed by atoms with Gasteiger partial charge in [-0.15, -0.1) is 10.2 Å². The first kappa shape index (κ1) is 6.81. The highest BCUT2D eigenvalue weighted by atomic mass is 32.1. The van der Waals surface area contributed by atoms with Crippen LogP contribution in [0.2, 0.25) is 0 Å². The molecular weight excluding hydrogens is 154 g/mol. The summed E-state index contributed by atoms with van der Waals surface area (Å²) in [5, 5.41) is 6.92. The Bertz CT molecular complexity index is 269. The van der Waals surface area contributed by atoms with Gasteiger partial charge in [0.15, 0.2) is 11.3 Å². The van der Waals surface area contributed by atoms with Gasteiger partial charge in [-0.05, 0) is 0 Å². The number of primary amides is 1. The quantitative estimate of drug-likeness (QED) is 0.583. The summed E-state index contributed by atoms with van der Waals surface area (Å²) in [5.74, 6) is -0.661. The number of hydrogen-bond donors (Lipinski definition) is 1. The van der Waals surface area contributed by atoms with Gasteiger partial charge in [0, 0.05) is 0 Å². The van der Waals surface area contributed by atoms with E-state index >= 15 is 0 Å². The van der Waals surface area contributed by atoms with Crippen LogP contribution in [-0.4, -0.2) is 22.4 Å². The van der Waals surface area contributed by atoms with Crippen molar-refractivity contribution >= 4 is 23.5 Å². The molecule has 0 aliphatic carbocycles. The number of hydrogen-bond acceptors (Lipinski definition) is 5. The van der Waals surface area contributed by atoms with E-state index in [1.54, 1.807) is 0 Å². The zero-order valence-electron chi connectivity index (χ0n) is 4.77. The van der Waals surface area contributed by atoms with E-state index in [1.807, 2.05) is 0 Å². The second kappa shape index (κ2) is 2.53. The van der Waals surface area contributed by atoms with Crippen molar-refractivity contribution in [2.45, 2.75) is 0 Å². The minimum absolute atomic E-state index is 0.0575. The van der Waals surface area contributed by atoms with Crippen LogP contribution < -0.4 is 5.73 Å². The first-order chi connectivity index (χ1) is 4.74. The molecule has 0 radical (unpaired) electrons. The van der Waals surface area contributed by atoms with E-state index in [0.29, 0.717) is 6.29 Å². The van der Waals surface area contributed by atoms with Crippen molar-refractivity contribution < 1.29 is 9.59 Å². The average Bonchev–Trinajstić information content (AvgIpc) is 2.34. The molecule has 1 aromatic heterocycles. The predicted molar refractivity (Wildman–Crippen MR) is 33.8 cm³/mol. The third-order valence-corrected chi connectivity index (χ3v) is 1.62. The summed E-state index contributed by atoms with van der Waals surface area (Å²) in [6.45, 7) is 0. The lowest BCUT2D eigenvalue weighted by Crippen LogP contribution is -2.10. The zero-order chi connectivity index (χ0) is 7.56. The standard InChI is InChI=1S/C4H3N3O2S/c5-3(9)4-7-6-2(1-8)10-4/h1H,(H2,5,9). The van der Waals surface area contributed by atoms with Crippen molar-refractivity contribution in [1.29, 1.82) is 0 Å². The van der Waals surface area contributed by atoms with Crippen LogP contribution in [0.4, 0.5) is 0 Å². The molecular formula is C4H3N3O2S. The Morgan fingerprint density at radius 3 is 2.60 bits per heavy atom. The molecule has 52 valence electrons. The van der Waals surface area contributed by atoms with Gasteiger partial charge in [0.25, 0.3) is 5.91 Å². The Labute approximate surface area is 59.9 Å². The van der Waals surface area contributed by atoms with Crippen LogP contribution in [0.3, 0.4) is 0 Å². The summed E-state index contributed by atoms with van der Waals surface area (Å²) in [7, 11) is 0. The number of carbonyl (C=O) groups excluding carboxylic acids is 2. The molecule has 0 bridgehead atoms. The molecule has 0 aliphatic heterocycles. The van der Waals surface area contributed by atoms with Crippen LogP contribution in [-0.2, 0) is 0 Å². The van der Waals surface area contributed by atoms with Gasteiger partial charge >= 0.3 is 0 Å². The summed E-state index contributed by atoms with van der Waals surface area (Å²) < 4.78 is 0. The molecule has 0 unspecified atom stereocenters. The molecule has 1 heterocycles. The summed E-state index contributed by atoms with van der Waals surface area (Å²) in [6, 6.07) is 0. The SMILES string of the molecule is NC(=O)c1nnc(C=O)s1. The molecule has 5 nitrogen and oxygen atoms in total. The Hall–Kier alpha value is -1.30. The van der Waals surface area contributed by atoms with E-state index in [1.165, 1.54) is 0 Å². The predicted octanol–water partition coefficient (Wildman–Crippen LogP) is -0.551. The lowest BCUT2D eigenvalue weighted by molar-refractivity contribution is 0.0998. The van der Waals surface area contributed by atoms with E-state index in [4.69, 9.17) is 5.73 Å². The summed E-state index contributed by atoms with van der Waals surface area (Å²) in [5.41, 5.74) is 4.83. The van der Waals surface area contributed by atoms with Crippen LogP contribution in [0.5, 0.6) is 0 Å². The lowest BCUT2D eigenvalue weighted by Gasteiger charge is -1.77. The van der Waals surface area contributed by atoms with E-state index in [-0.39, 0.29) is 10.0 Å². The maximum Gasteiger partial charge on any atom is 0.279 e. The first-order valence-corrected chi connectivity index (χ1v) is 3.14. The van der Waals surface area contributed by atoms with Crippen molar-refractivity contribution in [2.24, 2.45) is 5.73 Å². The van der Waals surface area contributed by atoms with Crippen LogP contribution in [0.15, 0.2) is 0 Å². The highest BCUT2D eigenvalue weighted by molar-refractivity contribution is 7.14. The Morgan fingerprint density at radius 2 is 2.30 bits per heavy atom. The summed E-state index contributed by atoms with van der Waals surface area (Å²) in [6.07, 6.45) is 0.518. The van der Waals surface area contributed by atoms with E-state index < -0.39 is 5.91 Å². The number of carbonyl (C=O) groups is 2. The fourth-order valence-corrected chi connectivity index (χ4v) is 0.892. The number of aromatic nitrogens is 2. The van der Waals surface area contributed by atoms with Crippen molar-refractivity contribution in [3.05, 3.63) is 10.0 Å². The number of nitrogens with two attached hydrogens (primary N) is 1. The highest BCUT2D eigenvalue weighted by Crippen LogP contribution is 2.05. The van der Waals surface area contributed by atoms with Gasteiger partial charge in [0.05, 0.1) is 0 Å². The number of nitrogens with zero attached hydrogens (tertiary/aromatic N) is 2. The molecule has 1 rings (SSSR count). The van der Waals surface area contributed by atoms with Crippen molar-refractivity contribution in [2.75, 3.05) is 0 Å². The van der Waals surface area contributed by atoms with E-state index in [2.05, 4.69) is 10.2 Å². The second-order valence-corrected chi connectivity index (χ2v) is 2.44. The van der Waals surface area contributed by atoms with Gasteiger partial charge in [-0.3, -0.25) is 9.59 Å². The molecule has 6 heteroatoms.